The highest BCUT2D eigenvalue weighted by atomic mass is 16.2. The number of fused-ring (bicyclic) bond motifs is 3. The van der Waals surface area contributed by atoms with Gasteiger partial charge in [-0.05, 0) is 45.7 Å². The normalized spacial score (nSPS) is 28.3. The molecule has 2 saturated heterocycles. The van der Waals surface area contributed by atoms with Crippen molar-refractivity contribution < 1.29 is 4.79 Å². The first-order chi connectivity index (χ1) is 11.2. The van der Waals surface area contributed by atoms with Crippen LogP contribution in [0.25, 0.3) is 0 Å². The van der Waals surface area contributed by atoms with E-state index in [-0.39, 0.29) is 0 Å². The van der Waals surface area contributed by atoms with E-state index in [2.05, 4.69) is 24.6 Å². The van der Waals surface area contributed by atoms with Gasteiger partial charge in [0.1, 0.15) is 11.6 Å². The van der Waals surface area contributed by atoms with Crippen molar-refractivity contribution in [3.63, 3.8) is 0 Å². The van der Waals surface area contributed by atoms with Crippen molar-refractivity contribution in [2.24, 2.45) is 0 Å². The van der Waals surface area contributed by atoms with E-state index < -0.39 is 0 Å². The third-order valence-electron chi connectivity index (χ3n) is 5.79. The summed E-state index contributed by atoms with van der Waals surface area (Å²) in [7, 11) is 0. The first-order valence-corrected chi connectivity index (χ1v) is 9.14. The van der Waals surface area contributed by atoms with Crippen molar-refractivity contribution in [3.05, 3.63) is 11.6 Å². The maximum Gasteiger partial charge on any atom is 0.237 e. The van der Waals surface area contributed by atoms with Gasteiger partial charge in [0.2, 0.25) is 5.91 Å². The molecular weight excluding hydrogens is 290 g/mol. The van der Waals surface area contributed by atoms with Crippen LogP contribution in [-0.4, -0.2) is 62.2 Å². The topological polar surface area (TPSA) is 54.3 Å². The number of aromatic nitrogens is 3. The van der Waals surface area contributed by atoms with E-state index in [1.54, 1.807) is 0 Å². The number of carbonyl (C=O) groups excluding carboxylic acids is 1. The fourth-order valence-corrected chi connectivity index (χ4v) is 4.55. The molecule has 2 bridgehead atoms. The average Bonchev–Trinajstić information content (AvgIpc) is 2.89. The largest absolute Gasteiger partial charge is 0.333 e. The van der Waals surface area contributed by atoms with Crippen LogP contribution in [0.15, 0.2) is 0 Å². The molecule has 6 heteroatoms. The molecule has 3 aliphatic rings. The summed E-state index contributed by atoms with van der Waals surface area (Å²) in [5.74, 6) is 2.37. The quantitative estimate of drug-likeness (QED) is 0.827. The van der Waals surface area contributed by atoms with Crippen molar-refractivity contribution in [1.29, 1.82) is 0 Å². The highest BCUT2D eigenvalue weighted by Crippen LogP contribution is 2.31. The zero-order valence-corrected chi connectivity index (χ0v) is 14.1. The van der Waals surface area contributed by atoms with Crippen LogP contribution in [-0.2, 0) is 17.8 Å². The highest BCUT2D eigenvalue weighted by Gasteiger charge is 2.40. The number of aryl methyl sites for hydroxylation is 1. The van der Waals surface area contributed by atoms with E-state index in [4.69, 9.17) is 0 Å². The molecule has 23 heavy (non-hydrogen) atoms. The van der Waals surface area contributed by atoms with Crippen LogP contribution in [0.3, 0.4) is 0 Å². The van der Waals surface area contributed by atoms with E-state index in [0.717, 1.165) is 50.5 Å². The second-order valence-electron chi connectivity index (χ2n) is 7.35. The second-order valence-corrected chi connectivity index (χ2v) is 7.35. The monoisotopic (exact) mass is 317 g/mol. The van der Waals surface area contributed by atoms with Crippen LogP contribution in [0.2, 0.25) is 0 Å². The minimum Gasteiger partial charge on any atom is -0.333 e. The molecule has 1 aromatic heterocycles. The number of hydrogen-bond donors (Lipinski definition) is 0. The number of hydrogen-bond acceptors (Lipinski definition) is 4. The predicted molar refractivity (Wildman–Crippen MR) is 87.0 cm³/mol. The van der Waals surface area contributed by atoms with Gasteiger partial charge in [-0.3, -0.25) is 9.69 Å². The Morgan fingerprint density at radius 2 is 1.83 bits per heavy atom. The predicted octanol–water partition coefficient (Wildman–Crippen LogP) is 1.38. The summed E-state index contributed by atoms with van der Waals surface area (Å²) in [5.41, 5.74) is 0. The SMILES string of the molecule is Cc1nnc2n1C[C@H]1CC[C@@H](C2)N1C(=O)CN1CCCCCC1. The molecule has 0 unspecified atom stereocenters. The van der Waals surface area contributed by atoms with E-state index in [1.807, 2.05) is 6.92 Å². The Morgan fingerprint density at radius 3 is 2.61 bits per heavy atom. The third kappa shape index (κ3) is 2.89. The third-order valence-corrected chi connectivity index (χ3v) is 5.79. The lowest BCUT2D eigenvalue weighted by molar-refractivity contribution is -0.135. The number of nitrogens with zero attached hydrogens (tertiary/aromatic N) is 5. The molecule has 6 nitrogen and oxygen atoms in total. The molecule has 2 atom stereocenters. The van der Waals surface area contributed by atoms with Crippen LogP contribution in [0, 0.1) is 6.92 Å². The second kappa shape index (κ2) is 6.23. The Kier molecular flexibility index (Phi) is 4.09. The number of rotatable bonds is 2. The Balaban J connectivity index is 1.47. The zero-order valence-electron chi connectivity index (χ0n) is 14.1. The zero-order chi connectivity index (χ0) is 15.8. The maximum absolute atomic E-state index is 13.0. The minimum atomic E-state index is 0.323. The van der Waals surface area contributed by atoms with Gasteiger partial charge >= 0.3 is 0 Å². The molecular formula is C17H27N5O. The lowest BCUT2D eigenvalue weighted by Crippen LogP contribution is -2.47. The van der Waals surface area contributed by atoms with E-state index >= 15 is 0 Å². The molecule has 0 aromatic carbocycles. The van der Waals surface area contributed by atoms with Crippen molar-refractivity contribution in [3.8, 4) is 0 Å². The van der Waals surface area contributed by atoms with Gasteiger partial charge in [-0.15, -0.1) is 10.2 Å². The van der Waals surface area contributed by atoms with E-state index in [0.29, 0.717) is 24.5 Å². The molecule has 126 valence electrons. The van der Waals surface area contributed by atoms with Gasteiger partial charge in [0.15, 0.2) is 0 Å². The van der Waals surface area contributed by atoms with Crippen molar-refractivity contribution >= 4 is 5.91 Å². The molecule has 1 aromatic rings. The summed E-state index contributed by atoms with van der Waals surface area (Å²) in [4.78, 5) is 17.5. The molecule has 0 radical (unpaired) electrons. The molecule has 3 aliphatic heterocycles. The van der Waals surface area contributed by atoms with Crippen molar-refractivity contribution in [2.45, 2.75) is 70.5 Å². The molecule has 0 aliphatic carbocycles. The molecule has 2 fully saturated rings. The van der Waals surface area contributed by atoms with Crippen LogP contribution >= 0.6 is 0 Å². The molecule has 1 amide bonds. The number of amides is 1. The molecule has 4 rings (SSSR count). The summed E-state index contributed by atoms with van der Waals surface area (Å²) in [5, 5.41) is 8.53. The Bertz CT molecular complexity index is 576. The van der Waals surface area contributed by atoms with E-state index in [9.17, 15) is 4.79 Å². The molecule has 0 saturated carbocycles. The fourth-order valence-electron chi connectivity index (χ4n) is 4.55. The summed E-state index contributed by atoms with van der Waals surface area (Å²) in [6.07, 6.45) is 8.19. The standard InChI is InChI=1S/C17H27N5O/c1-13-18-19-16-10-14-6-7-15(11-21(13)16)22(14)17(23)12-20-8-4-2-3-5-9-20/h14-15H,2-12H2,1H3/t14-,15+/m0/s1. The molecule has 0 spiro atoms. The fraction of sp³-hybridized carbons (Fsp3) is 0.824. The number of likely N-dealkylation sites (tertiary alicyclic amines) is 1. The first kappa shape index (κ1) is 15.1. The molecule has 4 heterocycles. The van der Waals surface area contributed by atoms with Crippen molar-refractivity contribution in [2.75, 3.05) is 19.6 Å². The first-order valence-electron chi connectivity index (χ1n) is 9.14. The highest BCUT2D eigenvalue weighted by molar-refractivity contribution is 5.79. The maximum atomic E-state index is 13.0. The lowest BCUT2D eigenvalue weighted by Gasteiger charge is -2.30. The van der Waals surface area contributed by atoms with Gasteiger partial charge in [0.05, 0.1) is 12.6 Å². The number of carbonyl (C=O) groups is 1. The Morgan fingerprint density at radius 1 is 1.09 bits per heavy atom. The minimum absolute atomic E-state index is 0.323. The van der Waals surface area contributed by atoms with Gasteiger partial charge in [0.25, 0.3) is 0 Å². The van der Waals surface area contributed by atoms with Gasteiger partial charge in [-0.25, -0.2) is 0 Å². The van der Waals surface area contributed by atoms with Gasteiger partial charge in [0, 0.05) is 19.0 Å². The smallest absolute Gasteiger partial charge is 0.237 e. The summed E-state index contributed by atoms with van der Waals surface area (Å²) >= 11 is 0. The van der Waals surface area contributed by atoms with E-state index in [1.165, 1.54) is 25.7 Å². The van der Waals surface area contributed by atoms with Crippen molar-refractivity contribution in [1.82, 2.24) is 24.6 Å². The summed E-state index contributed by atoms with van der Waals surface area (Å²) in [6, 6.07) is 0.653. The Hall–Kier alpha value is -1.43. The van der Waals surface area contributed by atoms with Crippen LogP contribution in [0.1, 0.15) is 50.2 Å². The van der Waals surface area contributed by atoms with Gasteiger partial charge < -0.3 is 9.47 Å². The van der Waals surface area contributed by atoms with Crippen LogP contribution in [0.4, 0.5) is 0 Å². The van der Waals surface area contributed by atoms with Crippen LogP contribution < -0.4 is 0 Å². The Labute approximate surface area is 137 Å². The average molecular weight is 317 g/mol. The summed E-state index contributed by atoms with van der Waals surface area (Å²) < 4.78 is 2.22. The summed E-state index contributed by atoms with van der Waals surface area (Å²) in [6.45, 7) is 5.65. The molecule has 0 N–H and O–H groups in total. The van der Waals surface area contributed by atoms with Gasteiger partial charge in [-0.2, -0.15) is 0 Å². The lowest BCUT2D eigenvalue weighted by atomic mass is 10.1. The van der Waals surface area contributed by atoms with Crippen LogP contribution in [0.5, 0.6) is 0 Å². The van der Waals surface area contributed by atoms with Gasteiger partial charge in [-0.1, -0.05) is 12.8 Å².